The Hall–Kier alpha value is -1.33. The molecule has 1 saturated heterocycles. The number of hydrogen-bond acceptors (Lipinski definition) is 4. The van der Waals surface area contributed by atoms with Crippen LogP contribution in [0.2, 0.25) is 0 Å². The van der Waals surface area contributed by atoms with Gasteiger partial charge in [-0.3, -0.25) is 9.69 Å². The number of nitrogens with zero attached hydrogens (tertiary/aromatic N) is 1. The minimum absolute atomic E-state index is 0.0124. The van der Waals surface area contributed by atoms with Gasteiger partial charge in [0.05, 0.1) is 6.04 Å². The van der Waals surface area contributed by atoms with Crippen molar-refractivity contribution in [3.8, 4) is 0 Å². The smallest absolute Gasteiger partial charge is 0.217 e. The average Bonchev–Trinajstić information content (AvgIpc) is 2.88. The van der Waals surface area contributed by atoms with Crippen molar-refractivity contribution < 1.29 is 9.21 Å². The summed E-state index contributed by atoms with van der Waals surface area (Å²) in [6.07, 6.45) is 0.961. The molecule has 1 amide bonds. The molecular weight excluding hydrogens is 242 g/mol. The van der Waals surface area contributed by atoms with Gasteiger partial charge in [-0.25, -0.2) is 0 Å². The maximum Gasteiger partial charge on any atom is 0.217 e. The Morgan fingerprint density at radius 3 is 2.84 bits per heavy atom. The zero-order chi connectivity index (χ0) is 14.0. The summed E-state index contributed by atoms with van der Waals surface area (Å²) < 4.78 is 5.73. The molecule has 1 aliphatic heterocycles. The fourth-order valence-electron chi connectivity index (χ4n) is 2.83. The first kappa shape index (κ1) is 14.1. The van der Waals surface area contributed by atoms with Crippen LogP contribution in [-0.4, -0.2) is 36.0 Å². The number of carbonyl (C=O) groups excluding carboxylic acids is 1. The van der Waals surface area contributed by atoms with Gasteiger partial charge in [0.25, 0.3) is 0 Å². The number of hydrogen-bond donors (Lipinski definition) is 2. The molecule has 0 radical (unpaired) electrons. The summed E-state index contributed by atoms with van der Waals surface area (Å²) in [5.41, 5.74) is 6.12. The fraction of sp³-hybridized carbons (Fsp3) is 0.643. The molecule has 0 aromatic carbocycles. The van der Waals surface area contributed by atoms with E-state index < -0.39 is 0 Å². The van der Waals surface area contributed by atoms with Crippen LogP contribution in [0.1, 0.15) is 37.8 Å². The Balaban J connectivity index is 2.07. The van der Waals surface area contributed by atoms with Gasteiger partial charge >= 0.3 is 0 Å². The number of furan rings is 1. The van der Waals surface area contributed by atoms with E-state index in [1.54, 1.807) is 6.92 Å². The van der Waals surface area contributed by atoms with Crippen LogP contribution in [0.3, 0.4) is 0 Å². The molecule has 0 spiro atoms. The van der Waals surface area contributed by atoms with Crippen LogP contribution in [0.4, 0.5) is 0 Å². The van der Waals surface area contributed by atoms with Gasteiger partial charge in [0.1, 0.15) is 11.5 Å². The minimum atomic E-state index is -0.0124. The van der Waals surface area contributed by atoms with Crippen LogP contribution in [0, 0.1) is 6.92 Å². The molecule has 0 aliphatic carbocycles. The molecule has 19 heavy (non-hydrogen) atoms. The van der Waals surface area contributed by atoms with Crippen molar-refractivity contribution in [1.82, 2.24) is 10.2 Å². The third-order valence-electron chi connectivity index (χ3n) is 3.57. The number of rotatable bonds is 4. The lowest BCUT2D eigenvalue weighted by atomic mass is 10.1. The summed E-state index contributed by atoms with van der Waals surface area (Å²) in [5, 5.41) is 2.97. The highest BCUT2D eigenvalue weighted by Gasteiger charge is 2.33. The van der Waals surface area contributed by atoms with Crippen molar-refractivity contribution in [2.24, 2.45) is 5.73 Å². The van der Waals surface area contributed by atoms with Gasteiger partial charge in [-0.1, -0.05) is 0 Å². The number of nitrogens with one attached hydrogen (secondary N) is 1. The maximum atomic E-state index is 11.1. The van der Waals surface area contributed by atoms with Crippen LogP contribution in [-0.2, 0) is 4.79 Å². The molecule has 5 nitrogen and oxygen atoms in total. The highest BCUT2D eigenvalue weighted by Crippen LogP contribution is 2.28. The van der Waals surface area contributed by atoms with Gasteiger partial charge in [-0.15, -0.1) is 0 Å². The molecular formula is C14H23N3O2. The van der Waals surface area contributed by atoms with Crippen molar-refractivity contribution in [3.05, 3.63) is 23.7 Å². The first-order valence-electron chi connectivity index (χ1n) is 6.80. The van der Waals surface area contributed by atoms with Gasteiger partial charge in [0, 0.05) is 32.1 Å². The highest BCUT2D eigenvalue weighted by molar-refractivity contribution is 5.73. The molecule has 1 aliphatic rings. The predicted octanol–water partition coefficient (Wildman–Crippen LogP) is 1.19. The van der Waals surface area contributed by atoms with Crippen LogP contribution in [0.5, 0.6) is 0 Å². The molecule has 1 aromatic heterocycles. The molecule has 5 heteroatoms. The van der Waals surface area contributed by atoms with Gasteiger partial charge < -0.3 is 15.5 Å². The average molecular weight is 265 g/mol. The van der Waals surface area contributed by atoms with E-state index in [2.05, 4.69) is 10.2 Å². The number of likely N-dealkylation sites (tertiary alicyclic amines) is 1. The zero-order valence-corrected chi connectivity index (χ0v) is 11.8. The molecule has 3 atom stereocenters. The van der Waals surface area contributed by atoms with Crippen molar-refractivity contribution in [2.45, 2.75) is 45.3 Å². The second kappa shape index (κ2) is 5.75. The number of aryl methyl sites for hydroxylation is 1. The quantitative estimate of drug-likeness (QED) is 0.857. The summed E-state index contributed by atoms with van der Waals surface area (Å²) in [6, 6.07) is 4.24. The predicted molar refractivity (Wildman–Crippen MR) is 73.6 cm³/mol. The standard InChI is InChI=1S/C14H23N3O2/c1-9-4-5-13(19-9)14(10(2)15)17-7-6-12(8-17)16-11(3)18/h4-5,10,12,14H,6-8,15H2,1-3H3,(H,16,18). The first-order chi connectivity index (χ1) is 8.97. The molecule has 0 saturated carbocycles. The van der Waals surface area contributed by atoms with Gasteiger partial charge in [0.2, 0.25) is 5.91 Å². The van der Waals surface area contributed by atoms with Crippen LogP contribution in [0.25, 0.3) is 0 Å². The van der Waals surface area contributed by atoms with Crippen LogP contribution < -0.4 is 11.1 Å². The number of carbonyl (C=O) groups is 1. The van der Waals surface area contributed by atoms with Crippen LogP contribution in [0.15, 0.2) is 16.5 Å². The first-order valence-corrected chi connectivity index (χ1v) is 6.80. The van der Waals surface area contributed by atoms with E-state index in [1.165, 1.54) is 0 Å². The summed E-state index contributed by atoms with van der Waals surface area (Å²) >= 11 is 0. The summed E-state index contributed by atoms with van der Waals surface area (Å²) in [6.45, 7) is 7.24. The molecule has 1 aromatic rings. The van der Waals surface area contributed by atoms with Crippen LogP contribution >= 0.6 is 0 Å². The van der Waals surface area contributed by atoms with E-state index in [9.17, 15) is 4.79 Å². The van der Waals surface area contributed by atoms with Gasteiger partial charge in [-0.2, -0.15) is 0 Å². The summed E-state index contributed by atoms with van der Waals surface area (Å²) in [7, 11) is 0. The summed E-state index contributed by atoms with van der Waals surface area (Å²) in [4.78, 5) is 13.4. The molecule has 2 heterocycles. The van der Waals surface area contributed by atoms with Crippen molar-refractivity contribution in [2.75, 3.05) is 13.1 Å². The second-order valence-corrected chi connectivity index (χ2v) is 5.43. The molecule has 3 N–H and O–H groups in total. The van der Waals surface area contributed by atoms with E-state index in [4.69, 9.17) is 10.2 Å². The topological polar surface area (TPSA) is 71.5 Å². The highest BCUT2D eigenvalue weighted by atomic mass is 16.3. The Morgan fingerprint density at radius 1 is 1.58 bits per heavy atom. The fourth-order valence-corrected chi connectivity index (χ4v) is 2.83. The lowest BCUT2D eigenvalue weighted by Gasteiger charge is -2.29. The van der Waals surface area contributed by atoms with Crippen molar-refractivity contribution in [1.29, 1.82) is 0 Å². The molecule has 3 unspecified atom stereocenters. The SMILES string of the molecule is CC(=O)NC1CCN(C(c2ccc(C)o2)C(C)N)C1. The molecule has 0 bridgehead atoms. The van der Waals surface area contributed by atoms with Crippen molar-refractivity contribution in [3.63, 3.8) is 0 Å². The third kappa shape index (κ3) is 3.36. The maximum absolute atomic E-state index is 11.1. The number of amides is 1. The minimum Gasteiger partial charge on any atom is -0.465 e. The van der Waals surface area contributed by atoms with Gasteiger partial charge in [0.15, 0.2) is 0 Å². The Labute approximate surface area is 114 Å². The summed E-state index contributed by atoms with van der Waals surface area (Å²) in [5.74, 6) is 1.84. The van der Waals surface area contributed by atoms with Crippen molar-refractivity contribution >= 4 is 5.91 Å². The molecule has 2 rings (SSSR count). The Bertz CT molecular complexity index is 442. The Kier molecular flexibility index (Phi) is 4.27. The van der Waals surface area contributed by atoms with E-state index in [-0.39, 0.29) is 24.0 Å². The Morgan fingerprint density at radius 2 is 2.32 bits per heavy atom. The molecule has 1 fully saturated rings. The normalized spacial score (nSPS) is 23.3. The van der Waals surface area contributed by atoms with E-state index in [0.717, 1.165) is 31.0 Å². The number of nitrogens with two attached hydrogens (primary N) is 1. The van der Waals surface area contributed by atoms with E-state index in [0.29, 0.717) is 0 Å². The monoisotopic (exact) mass is 265 g/mol. The third-order valence-corrected chi connectivity index (χ3v) is 3.57. The zero-order valence-electron chi connectivity index (χ0n) is 11.8. The van der Waals surface area contributed by atoms with Gasteiger partial charge in [-0.05, 0) is 32.4 Å². The largest absolute Gasteiger partial charge is 0.465 e. The lowest BCUT2D eigenvalue weighted by Crippen LogP contribution is -2.41. The molecule has 106 valence electrons. The second-order valence-electron chi connectivity index (χ2n) is 5.43. The van der Waals surface area contributed by atoms with E-state index in [1.807, 2.05) is 26.0 Å². The lowest BCUT2D eigenvalue weighted by molar-refractivity contribution is -0.119. The van der Waals surface area contributed by atoms with E-state index >= 15 is 0 Å².